The van der Waals surface area contributed by atoms with Gasteiger partial charge in [-0.25, -0.2) is 4.39 Å². The first kappa shape index (κ1) is 10.8. The molecule has 4 heteroatoms. The molecule has 0 bridgehead atoms. The number of halogens is 1. The van der Waals surface area contributed by atoms with E-state index in [4.69, 9.17) is 9.84 Å². The van der Waals surface area contributed by atoms with E-state index in [9.17, 15) is 4.39 Å². The molecule has 0 saturated carbocycles. The summed E-state index contributed by atoms with van der Waals surface area (Å²) in [5.74, 6) is 0.228. The highest BCUT2D eigenvalue weighted by molar-refractivity contribution is 5.56. The van der Waals surface area contributed by atoms with Crippen molar-refractivity contribution >= 4 is 5.69 Å². The number of rotatable bonds is 4. The van der Waals surface area contributed by atoms with E-state index < -0.39 is 6.10 Å². The van der Waals surface area contributed by atoms with E-state index in [1.807, 2.05) is 0 Å². The lowest BCUT2D eigenvalue weighted by molar-refractivity contribution is 0.208. The van der Waals surface area contributed by atoms with Crippen molar-refractivity contribution in [1.29, 1.82) is 0 Å². The second kappa shape index (κ2) is 4.81. The van der Waals surface area contributed by atoms with Crippen molar-refractivity contribution < 1.29 is 14.2 Å². The van der Waals surface area contributed by atoms with Crippen molar-refractivity contribution in [1.82, 2.24) is 0 Å². The minimum Gasteiger partial charge on any atom is -0.495 e. The summed E-state index contributed by atoms with van der Waals surface area (Å²) in [5, 5.41) is 11.9. The minimum absolute atomic E-state index is 0.334. The maximum Gasteiger partial charge on any atom is 0.142 e. The van der Waals surface area contributed by atoms with Gasteiger partial charge in [0, 0.05) is 12.6 Å². The Hall–Kier alpha value is -1.29. The number of benzene rings is 1. The summed E-state index contributed by atoms with van der Waals surface area (Å²) in [6.07, 6.45) is -0.483. The number of methoxy groups -OCH3 is 1. The van der Waals surface area contributed by atoms with Crippen LogP contribution < -0.4 is 10.1 Å². The Labute approximate surface area is 82.5 Å². The third-order valence-electron chi connectivity index (χ3n) is 1.75. The fourth-order valence-electron chi connectivity index (χ4n) is 1.08. The Morgan fingerprint density at radius 1 is 1.57 bits per heavy atom. The van der Waals surface area contributed by atoms with Crippen LogP contribution in [0, 0.1) is 5.82 Å². The van der Waals surface area contributed by atoms with Crippen LogP contribution in [0.3, 0.4) is 0 Å². The molecule has 78 valence electrons. The summed E-state index contributed by atoms with van der Waals surface area (Å²) in [4.78, 5) is 0. The zero-order valence-electron chi connectivity index (χ0n) is 8.25. The highest BCUT2D eigenvalue weighted by Crippen LogP contribution is 2.24. The topological polar surface area (TPSA) is 41.5 Å². The van der Waals surface area contributed by atoms with E-state index in [2.05, 4.69) is 5.32 Å². The van der Waals surface area contributed by atoms with Gasteiger partial charge in [-0.1, -0.05) is 0 Å². The van der Waals surface area contributed by atoms with Crippen LogP contribution in [0.1, 0.15) is 6.92 Å². The lowest BCUT2D eigenvalue weighted by Gasteiger charge is -2.12. The molecule has 1 aromatic rings. The van der Waals surface area contributed by atoms with Crippen LogP contribution in [0.2, 0.25) is 0 Å². The molecule has 0 aliphatic carbocycles. The number of hydrogen-bond donors (Lipinski definition) is 2. The molecule has 0 saturated heterocycles. The van der Waals surface area contributed by atoms with Crippen LogP contribution in [-0.4, -0.2) is 24.9 Å². The minimum atomic E-state index is -0.483. The van der Waals surface area contributed by atoms with Crippen LogP contribution in [0.5, 0.6) is 5.75 Å². The molecule has 14 heavy (non-hydrogen) atoms. The van der Waals surface area contributed by atoms with Crippen LogP contribution in [-0.2, 0) is 0 Å². The molecule has 1 aromatic carbocycles. The number of aliphatic hydroxyl groups is 1. The van der Waals surface area contributed by atoms with E-state index in [0.29, 0.717) is 18.0 Å². The summed E-state index contributed by atoms with van der Waals surface area (Å²) in [6.45, 7) is 2.01. The van der Waals surface area contributed by atoms with Gasteiger partial charge in [0.15, 0.2) is 0 Å². The Morgan fingerprint density at radius 3 is 2.86 bits per heavy atom. The highest BCUT2D eigenvalue weighted by atomic mass is 19.1. The number of hydrogen-bond acceptors (Lipinski definition) is 3. The highest BCUT2D eigenvalue weighted by Gasteiger charge is 2.04. The molecule has 0 amide bonds. The average Bonchev–Trinajstić information content (AvgIpc) is 2.15. The first-order valence-corrected chi connectivity index (χ1v) is 4.39. The molecule has 0 fully saturated rings. The Bertz CT molecular complexity index is 302. The molecule has 0 heterocycles. The van der Waals surface area contributed by atoms with Crippen LogP contribution in [0.4, 0.5) is 10.1 Å². The van der Waals surface area contributed by atoms with E-state index in [1.54, 1.807) is 13.0 Å². The number of ether oxygens (including phenoxy) is 1. The second-order valence-corrected chi connectivity index (χ2v) is 3.07. The van der Waals surface area contributed by atoms with Crippen LogP contribution >= 0.6 is 0 Å². The van der Waals surface area contributed by atoms with Gasteiger partial charge >= 0.3 is 0 Å². The summed E-state index contributed by atoms with van der Waals surface area (Å²) >= 11 is 0. The fraction of sp³-hybridized carbons (Fsp3) is 0.400. The maximum absolute atomic E-state index is 12.8. The fourth-order valence-corrected chi connectivity index (χ4v) is 1.08. The molecule has 1 atom stereocenters. The molecule has 1 unspecified atom stereocenters. The first-order chi connectivity index (χ1) is 6.63. The quantitative estimate of drug-likeness (QED) is 0.774. The standard InChI is InChI=1S/C10H14FNO2/c1-7(13)6-12-9-5-8(11)3-4-10(9)14-2/h3-5,7,12-13H,6H2,1-2H3. The molecular formula is C10H14FNO2. The van der Waals surface area contributed by atoms with Gasteiger partial charge < -0.3 is 15.2 Å². The summed E-state index contributed by atoms with van der Waals surface area (Å²) in [6, 6.07) is 4.20. The summed E-state index contributed by atoms with van der Waals surface area (Å²) < 4.78 is 17.9. The first-order valence-electron chi connectivity index (χ1n) is 4.39. The third-order valence-corrected chi connectivity index (χ3v) is 1.75. The van der Waals surface area contributed by atoms with Crippen molar-refractivity contribution in [3.63, 3.8) is 0 Å². The van der Waals surface area contributed by atoms with Crippen molar-refractivity contribution in [2.75, 3.05) is 19.0 Å². The Balaban J connectivity index is 2.77. The predicted octanol–water partition coefficient (Wildman–Crippen LogP) is 1.63. The molecule has 0 aliphatic heterocycles. The zero-order chi connectivity index (χ0) is 10.6. The van der Waals surface area contributed by atoms with E-state index in [1.165, 1.54) is 19.2 Å². The molecular weight excluding hydrogens is 185 g/mol. The molecule has 0 spiro atoms. The normalized spacial score (nSPS) is 12.3. The maximum atomic E-state index is 12.8. The predicted molar refractivity (Wildman–Crippen MR) is 53.1 cm³/mol. The van der Waals surface area contributed by atoms with Crippen molar-refractivity contribution in [3.05, 3.63) is 24.0 Å². The van der Waals surface area contributed by atoms with Crippen molar-refractivity contribution in [3.8, 4) is 5.75 Å². The molecule has 0 aromatic heterocycles. The molecule has 0 radical (unpaired) electrons. The third kappa shape index (κ3) is 2.88. The van der Waals surface area contributed by atoms with E-state index >= 15 is 0 Å². The van der Waals surface area contributed by atoms with Gasteiger partial charge in [0.2, 0.25) is 0 Å². The molecule has 1 rings (SSSR count). The number of nitrogens with one attached hydrogen (secondary N) is 1. The number of anilines is 1. The monoisotopic (exact) mass is 199 g/mol. The van der Waals surface area contributed by atoms with Gasteiger partial charge in [-0.2, -0.15) is 0 Å². The van der Waals surface area contributed by atoms with Gasteiger partial charge in [0.1, 0.15) is 11.6 Å². The average molecular weight is 199 g/mol. The van der Waals surface area contributed by atoms with Gasteiger partial charge in [0.25, 0.3) is 0 Å². The van der Waals surface area contributed by atoms with Crippen molar-refractivity contribution in [2.45, 2.75) is 13.0 Å². The lowest BCUT2D eigenvalue weighted by Crippen LogP contribution is -2.15. The smallest absolute Gasteiger partial charge is 0.142 e. The van der Waals surface area contributed by atoms with Gasteiger partial charge in [-0.15, -0.1) is 0 Å². The Morgan fingerprint density at radius 2 is 2.29 bits per heavy atom. The van der Waals surface area contributed by atoms with E-state index in [-0.39, 0.29) is 5.82 Å². The van der Waals surface area contributed by atoms with Crippen LogP contribution in [0.15, 0.2) is 18.2 Å². The zero-order valence-corrected chi connectivity index (χ0v) is 8.25. The second-order valence-electron chi connectivity index (χ2n) is 3.07. The summed E-state index contributed by atoms with van der Waals surface area (Å²) in [7, 11) is 1.51. The van der Waals surface area contributed by atoms with Gasteiger partial charge in [0.05, 0.1) is 18.9 Å². The van der Waals surface area contributed by atoms with Crippen molar-refractivity contribution in [2.24, 2.45) is 0 Å². The number of aliphatic hydroxyl groups excluding tert-OH is 1. The van der Waals surface area contributed by atoms with Crippen LogP contribution in [0.25, 0.3) is 0 Å². The largest absolute Gasteiger partial charge is 0.495 e. The lowest BCUT2D eigenvalue weighted by atomic mass is 10.2. The molecule has 3 nitrogen and oxygen atoms in total. The Kier molecular flexibility index (Phi) is 3.71. The van der Waals surface area contributed by atoms with Gasteiger partial charge in [-0.3, -0.25) is 0 Å². The van der Waals surface area contributed by atoms with Gasteiger partial charge in [-0.05, 0) is 19.1 Å². The molecule has 2 N–H and O–H groups in total. The molecule has 0 aliphatic rings. The SMILES string of the molecule is COc1ccc(F)cc1NCC(C)O. The van der Waals surface area contributed by atoms with E-state index in [0.717, 1.165) is 0 Å². The summed E-state index contributed by atoms with van der Waals surface area (Å²) in [5.41, 5.74) is 0.549.